The largest absolute Gasteiger partial charge is 0.368 e. The fourth-order valence-corrected chi connectivity index (χ4v) is 1.17. The maximum Gasteiger partial charge on any atom is 0.183 e. The minimum atomic E-state index is -3.21. The van der Waals surface area contributed by atoms with Gasteiger partial charge in [-0.05, 0) is 11.8 Å². The van der Waals surface area contributed by atoms with Crippen LogP contribution in [0.2, 0.25) is 0 Å². The molecule has 6 heteroatoms. The third-order valence-electron chi connectivity index (χ3n) is 0.679. The van der Waals surface area contributed by atoms with Gasteiger partial charge in [0.05, 0.1) is 0 Å². The van der Waals surface area contributed by atoms with Crippen molar-refractivity contribution in [2.24, 2.45) is 0 Å². The van der Waals surface area contributed by atoms with Gasteiger partial charge in [0, 0.05) is 12.6 Å². The lowest BCUT2D eigenvalue weighted by atomic mass is 10.5. The van der Waals surface area contributed by atoms with E-state index in [1.807, 2.05) is 0 Å². The summed E-state index contributed by atoms with van der Waals surface area (Å²) in [6, 6.07) is 0. The van der Waals surface area contributed by atoms with Crippen LogP contribution in [-0.4, -0.2) is 32.5 Å². The van der Waals surface area contributed by atoms with Gasteiger partial charge in [-0.3, -0.25) is 0 Å². The molecule has 4 N–H and O–H groups in total. The van der Waals surface area contributed by atoms with Gasteiger partial charge in [-0.25, -0.2) is 0 Å². The molecule has 0 spiro atoms. The highest BCUT2D eigenvalue weighted by atomic mass is 32.5. The molecule has 0 saturated carbocycles. The Kier molecular flexibility index (Phi) is 3.80. The second-order valence-corrected chi connectivity index (χ2v) is 5.19. The fourth-order valence-electron chi connectivity index (χ4n) is 0.284. The Morgan fingerprint density at radius 3 is 1.89 bits per heavy atom. The summed E-state index contributed by atoms with van der Waals surface area (Å²) in [4.78, 5) is 17.1. The van der Waals surface area contributed by atoms with Gasteiger partial charge in [-0.1, -0.05) is 0 Å². The van der Waals surface area contributed by atoms with Gasteiger partial charge >= 0.3 is 0 Å². The van der Waals surface area contributed by atoms with Crippen LogP contribution >= 0.6 is 6.49 Å². The first kappa shape index (κ1) is 9.49. The summed E-state index contributed by atoms with van der Waals surface area (Å²) >= 11 is 4.20. The van der Waals surface area contributed by atoms with E-state index in [9.17, 15) is 0 Å². The molecule has 0 radical (unpaired) electrons. The predicted molar refractivity (Wildman–Crippen MR) is 36.4 cm³/mol. The van der Waals surface area contributed by atoms with Gasteiger partial charge in [-0.15, -0.1) is 0 Å². The van der Waals surface area contributed by atoms with E-state index in [1.54, 1.807) is 0 Å². The molecule has 0 aromatic heterocycles. The number of hydrogen-bond acceptors (Lipinski definition) is 3. The Bertz CT molecular complexity index is 119. The molecule has 0 unspecified atom stereocenters. The van der Waals surface area contributed by atoms with E-state index in [0.29, 0.717) is 0 Å². The van der Waals surface area contributed by atoms with E-state index in [1.165, 1.54) is 0 Å². The molecule has 9 heavy (non-hydrogen) atoms. The van der Waals surface area contributed by atoms with Crippen LogP contribution in [0, 0.1) is 0 Å². The van der Waals surface area contributed by atoms with Gasteiger partial charge < -0.3 is 20.0 Å². The van der Waals surface area contributed by atoms with Gasteiger partial charge in [0.2, 0.25) is 0 Å². The van der Waals surface area contributed by atoms with Crippen molar-refractivity contribution in [3.8, 4) is 0 Å². The van der Waals surface area contributed by atoms with Gasteiger partial charge in [-0.2, -0.15) is 0 Å². The van der Waals surface area contributed by atoms with E-state index in [0.717, 1.165) is 0 Å². The van der Waals surface area contributed by atoms with E-state index < -0.39 is 12.8 Å². The summed E-state index contributed by atoms with van der Waals surface area (Å²) in [5, 5.41) is 16.4. The average Bonchev–Trinajstić information content (AvgIpc) is 1.59. The Hall–Kier alpha value is 0.490. The molecule has 0 amide bonds. The van der Waals surface area contributed by atoms with Crippen LogP contribution in [-0.2, 0) is 11.8 Å². The predicted octanol–water partition coefficient (Wildman–Crippen LogP) is -1.02. The molecule has 0 rings (SSSR count). The standard InChI is InChI=1S/C3H9O4PS/c4-3(5)1-2-8(6,7)9/h3-5H,1-2H2,(H2,6,7,9). The van der Waals surface area contributed by atoms with Crippen LogP contribution in [0.5, 0.6) is 0 Å². The summed E-state index contributed by atoms with van der Waals surface area (Å²) in [6.45, 7) is -3.21. The first-order valence-electron chi connectivity index (χ1n) is 2.32. The lowest BCUT2D eigenvalue weighted by Crippen LogP contribution is -2.06. The lowest BCUT2D eigenvalue weighted by molar-refractivity contribution is -0.0411. The molecule has 0 aliphatic carbocycles. The first-order chi connectivity index (χ1) is 3.92. The molecule has 0 aromatic carbocycles. The molecule has 4 nitrogen and oxygen atoms in total. The number of rotatable bonds is 3. The van der Waals surface area contributed by atoms with Crippen LogP contribution in [0.15, 0.2) is 0 Å². The molecule has 0 bridgehead atoms. The molecule has 0 fully saturated rings. The van der Waals surface area contributed by atoms with Crippen LogP contribution in [0.3, 0.4) is 0 Å². The Balaban J connectivity index is 3.40. The van der Waals surface area contributed by atoms with Crippen molar-refractivity contribution in [1.82, 2.24) is 0 Å². The van der Waals surface area contributed by atoms with E-state index in [2.05, 4.69) is 11.8 Å². The number of aliphatic hydroxyl groups is 2. The fraction of sp³-hybridized carbons (Fsp3) is 1.00. The maximum atomic E-state index is 8.53. The first-order valence-corrected chi connectivity index (χ1v) is 5.22. The van der Waals surface area contributed by atoms with Crippen LogP contribution in [0.25, 0.3) is 0 Å². The highest BCUT2D eigenvalue weighted by molar-refractivity contribution is 8.09. The van der Waals surface area contributed by atoms with Crippen LogP contribution < -0.4 is 0 Å². The van der Waals surface area contributed by atoms with Gasteiger partial charge in [0.15, 0.2) is 12.8 Å². The van der Waals surface area contributed by atoms with Crippen molar-refractivity contribution < 1.29 is 20.0 Å². The summed E-state index contributed by atoms with van der Waals surface area (Å²) in [7, 11) is 0. The lowest BCUT2D eigenvalue weighted by Gasteiger charge is -2.06. The molecule has 0 heterocycles. The van der Waals surface area contributed by atoms with E-state index in [-0.39, 0.29) is 12.6 Å². The molecular weight excluding hydrogens is 163 g/mol. The second kappa shape index (κ2) is 3.61. The van der Waals surface area contributed by atoms with E-state index >= 15 is 0 Å². The van der Waals surface area contributed by atoms with Crippen LogP contribution in [0.1, 0.15) is 6.42 Å². The molecule has 0 aromatic rings. The minimum Gasteiger partial charge on any atom is -0.368 e. The van der Waals surface area contributed by atoms with Crippen LogP contribution in [0.4, 0.5) is 0 Å². The zero-order chi connectivity index (χ0) is 7.49. The molecule has 0 atom stereocenters. The third kappa shape index (κ3) is 8.49. The summed E-state index contributed by atoms with van der Waals surface area (Å²) < 4.78 is 0. The average molecular weight is 172 g/mol. The zero-order valence-corrected chi connectivity index (χ0v) is 6.35. The van der Waals surface area contributed by atoms with Crippen molar-refractivity contribution >= 4 is 18.3 Å². The maximum absolute atomic E-state index is 8.53. The Morgan fingerprint density at radius 1 is 1.33 bits per heavy atom. The third-order valence-corrected chi connectivity index (χ3v) is 2.07. The van der Waals surface area contributed by atoms with Crippen molar-refractivity contribution in [2.75, 3.05) is 6.16 Å². The molecule has 56 valence electrons. The normalized spacial score (nSPS) is 12.6. The number of hydrogen-bond donors (Lipinski definition) is 4. The minimum absolute atomic E-state index is 0.0791. The highest BCUT2D eigenvalue weighted by Gasteiger charge is 2.08. The van der Waals surface area contributed by atoms with E-state index in [4.69, 9.17) is 20.0 Å². The summed E-state index contributed by atoms with van der Waals surface area (Å²) in [5.74, 6) is 0. The van der Waals surface area contributed by atoms with Gasteiger partial charge in [0.25, 0.3) is 0 Å². The number of aliphatic hydroxyl groups excluding tert-OH is 1. The highest BCUT2D eigenvalue weighted by Crippen LogP contribution is 2.35. The molecular formula is C3H9O4PS. The van der Waals surface area contributed by atoms with Crippen molar-refractivity contribution in [1.29, 1.82) is 0 Å². The smallest absolute Gasteiger partial charge is 0.183 e. The molecule has 0 aliphatic heterocycles. The summed E-state index contributed by atoms with van der Waals surface area (Å²) in [5.41, 5.74) is 0. The van der Waals surface area contributed by atoms with Gasteiger partial charge in [0.1, 0.15) is 0 Å². The SMILES string of the molecule is OC(O)CCP(O)(O)=S. The van der Waals surface area contributed by atoms with Crippen molar-refractivity contribution in [3.63, 3.8) is 0 Å². The van der Waals surface area contributed by atoms with Crippen molar-refractivity contribution in [3.05, 3.63) is 0 Å². The Labute approximate surface area is 57.9 Å². The topological polar surface area (TPSA) is 80.9 Å². The zero-order valence-electron chi connectivity index (χ0n) is 4.64. The van der Waals surface area contributed by atoms with Crippen molar-refractivity contribution in [2.45, 2.75) is 12.7 Å². The molecule has 0 saturated heterocycles. The monoisotopic (exact) mass is 172 g/mol. The Morgan fingerprint density at radius 2 is 1.78 bits per heavy atom. The molecule has 0 aliphatic rings. The second-order valence-electron chi connectivity index (χ2n) is 1.66. The summed E-state index contributed by atoms with van der Waals surface area (Å²) in [6.07, 6.45) is -1.68. The quantitative estimate of drug-likeness (QED) is 0.323.